The average molecular weight is 209 g/mol. The molecule has 1 aliphatic carbocycles. The Hall–Kier alpha value is -0.900. The van der Waals surface area contributed by atoms with Gasteiger partial charge in [0, 0.05) is 13.5 Å². The molecule has 4 nitrogen and oxygen atoms in total. The molecule has 1 saturated carbocycles. The number of hydrogen-bond acceptors (Lipinski definition) is 3. The van der Waals surface area contributed by atoms with Gasteiger partial charge in [-0.2, -0.15) is 5.10 Å². The first-order valence-corrected chi connectivity index (χ1v) is 5.76. The molecule has 0 saturated heterocycles. The molecule has 2 rings (SSSR count). The maximum Gasteiger partial charge on any atom is 0.138 e. The Bertz CT molecular complexity index is 305. The smallest absolute Gasteiger partial charge is 0.138 e. The largest absolute Gasteiger partial charge is 0.393 e. The van der Waals surface area contributed by atoms with Crippen LogP contribution in [0.5, 0.6) is 0 Å². The highest BCUT2D eigenvalue weighted by Gasteiger charge is 2.19. The molecule has 1 N–H and O–H groups in total. The minimum atomic E-state index is -0.254. The molecule has 1 unspecified atom stereocenters. The lowest BCUT2D eigenvalue weighted by molar-refractivity contribution is 0.140. The Morgan fingerprint density at radius 3 is 2.87 bits per heavy atom. The van der Waals surface area contributed by atoms with Crippen molar-refractivity contribution >= 4 is 0 Å². The van der Waals surface area contributed by atoms with Gasteiger partial charge in [0.25, 0.3) is 0 Å². The van der Waals surface area contributed by atoms with Crippen molar-refractivity contribution < 1.29 is 5.11 Å². The van der Waals surface area contributed by atoms with Crippen molar-refractivity contribution in [2.75, 3.05) is 0 Å². The molecule has 84 valence electrons. The molecule has 1 aliphatic rings. The zero-order valence-corrected chi connectivity index (χ0v) is 9.26. The minimum Gasteiger partial charge on any atom is -0.393 e. The van der Waals surface area contributed by atoms with Crippen LogP contribution >= 0.6 is 0 Å². The number of rotatable bonds is 4. The van der Waals surface area contributed by atoms with E-state index >= 15 is 0 Å². The van der Waals surface area contributed by atoms with Gasteiger partial charge in [0.05, 0.1) is 6.10 Å². The molecule has 1 aromatic rings. The van der Waals surface area contributed by atoms with Crippen molar-refractivity contribution in [3.63, 3.8) is 0 Å². The first kappa shape index (κ1) is 10.6. The van der Waals surface area contributed by atoms with Gasteiger partial charge in [0.15, 0.2) is 0 Å². The number of hydrogen-bond donors (Lipinski definition) is 1. The second kappa shape index (κ2) is 4.75. The van der Waals surface area contributed by atoms with Crippen molar-refractivity contribution in [1.29, 1.82) is 0 Å². The highest BCUT2D eigenvalue weighted by atomic mass is 16.3. The first-order chi connectivity index (χ1) is 7.25. The fourth-order valence-corrected chi connectivity index (χ4v) is 2.43. The number of aromatic nitrogens is 3. The zero-order valence-electron chi connectivity index (χ0n) is 9.26. The lowest BCUT2D eigenvalue weighted by Crippen LogP contribution is -2.17. The highest BCUT2D eigenvalue weighted by molar-refractivity contribution is 4.87. The van der Waals surface area contributed by atoms with E-state index in [9.17, 15) is 5.11 Å². The van der Waals surface area contributed by atoms with Gasteiger partial charge in [-0.25, -0.2) is 4.98 Å². The van der Waals surface area contributed by atoms with Gasteiger partial charge in [-0.1, -0.05) is 25.7 Å². The van der Waals surface area contributed by atoms with E-state index in [4.69, 9.17) is 0 Å². The monoisotopic (exact) mass is 209 g/mol. The van der Waals surface area contributed by atoms with Crippen LogP contribution in [0.15, 0.2) is 6.33 Å². The second-order valence-electron chi connectivity index (χ2n) is 4.54. The van der Waals surface area contributed by atoms with Crippen LogP contribution in [0, 0.1) is 5.92 Å². The fourth-order valence-electron chi connectivity index (χ4n) is 2.43. The van der Waals surface area contributed by atoms with E-state index in [1.54, 1.807) is 4.68 Å². The summed E-state index contributed by atoms with van der Waals surface area (Å²) in [6, 6.07) is 0. The molecular formula is C11H19N3O. The Balaban J connectivity index is 1.81. The third-order valence-corrected chi connectivity index (χ3v) is 3.30. The summed E-state index contributed by atoms with van der Waals surface area (Å²) < 4.78 is 1.73. The summed E-state index contributed by atoms with van der Waals surface area (Å²) in [6.45, 7) is 0. The summed E-state index contributed by atoms with van der Waals surface area (Å²) in [5.41, 5.74) is 0. The predicted octanol–water partition coefficient (Wildman–Crippen LogP) is 1.30. The van der Waals surface area contributed by atoms with Crippen molar-refractivity contribution in [3.05, 3.63) is 12.2 Å². The van der Waals surface area contributed by atoms with Crippen LogP contribution in [-0.4, -0.2) is 26.0 Å². The van der Waals surface area contributed by atoms with Crippen LogP contribution in [0.4, 0.5) is 0 Å². The molecule has 0 aromatic carbocycles. The molecule has 1 aromatic heterocycles. The topological polar surface area (TPSA) is 50.9 Å². The van der Waals surface area contributed by atoms with E-state index in [1.807, 2.05) is 7.05 Å². The quantitative estimate of drug-likeness (QED) is 0.813. The number of aryl methyl sites for hydroxylation is 1. The zero-order chi connectivity index (χ0) is 10.7. The molecule has 0 radical (unpaired) electrons. The predicted molar refractivity (Wildman–Crippen MR) is 57.3 cm³/mol. The summed E-state index contributed by atoms with van der Waals surface area (Å²) >= 11 is 0. The highest BCUT2D eigenvalue weighted by Crippen LogP contribution is 2.28. The van der Waals surface area contributed by atoms with Gasteiger partial charge in [-0.3, -0.25) is 4.68 Å². The normalized spacial score (nSPS) is 19.6. The average Bonchev–Trinajstić information content (AvgIpc) is 2.79. The molecule has 0 amide bonds. The maximum atomic E-state index is 9.92. The van der Waals surface area contributed by atoms with Crippen LogP contribution in [0.1, 0.15) is 37.9 Å². The summed E-state index contributed by atoms with van der Waals surface area (Å²) in [5.74, 6) is 1.61. The molecular weight excluding hydrogens is 190 g/mol. The standard InChI is InChI=1S/C11H19N3O/c1-14-11(12-8-13-14)7-10(15)6-9-4-2-3-5-9/h8-10,15H,2-7H2,1H3. The van der Waals surface area contributed by atoms with Crippen molar-refractivity contribution in [2.45, 2.75) is 44.6 Å². The molecule has 0 aliphatic heterocycles. The maximum absolute atomic E-state index is 9.92. The minimum absolute atomic E-state index is 0.254. The SMILES string of the molecule is Cn1ncnc1CC(O)CC1CCCC1. The summed E-state index contributed by atoms with van der Waals surface area (Å²) in [4.78, 5) is 4.12. The second-order valence-corrected chi connectivity index (χ2v) is 4.54. The number of aliphatic hydroxyl groups excluding tert-OH is 1. The van der Waals surface area contributed by atoms with Gasteiger partial charge >= 0.3 is 0 Å². The Labute approximate surface area is 90.3 Å². The van der Waals surface area contributed by atoms with Crippen LogP contribution in [-0.2, 0) is 13.5 Å². The van der Waals surface area contributed by atoms with E-state index in [0.717, 1.165) is 18.2 Å². The van der Waals surface area contributed by atoms with Gasteiger partial charge in [-0.15, -0.1) is 0 Å². The summed E-state index contributed by atoms with van der Waals surface area (Å²) in [7, 11) is 1.87. The molecule has 0 spiro atoms. The molecule has 0 bridgehead atoms. The third kappa shape index (κ3) is 2.78. The van der Waals surface area contributed by atoms with Gasteiger partial charge in [-0.05, 0) is 12.3 Å². The molecule has 4 heteroatoms. The Morgan fingerprint density at radius 1 is 1.53 bits per heavy atom. The van der Waals surface area contributed by atoms with Gasteiger partial charge < -0.3 is 5.11 Å². The molecule has 15 heavy (non-hydrogen) atoms. The van der Waals surface area contributed by atoms with Gasteiger partial charge in [0.2, 0.25) is 0 Å². The summed E-state index contributed by atoms with van der Waals surface area (Å²) in [6.07, 6.45) is 8.09. The van der Waals surface area contributed by atoms with E-state index in [1.165, 1.54) is 32.0 Å². The molecule has 1 atom stereocenters. The van der Waals surface area contributed by atoms with Crippen LogP contribution in [0.2, 0.25) is 0 Å². The Kier molecular flexibility index (Phi) is 3.36. The van der Waals surface area contributed by atoms with E-state index in [2.05, 4.69) is 10.1 Å². The van der Waals surface area contributed by atoms with Gasteiger partial charge in [0.1, 0.15) is 12.2 Å². The van der Waals surface area contributed by atoms with Crippen molar-refractivity contribution in [2.24, 2.45) is 13.0 Å². The van der Waals surface area contributed by atoms with Crippen LogP contribution < -0.4 is 0 Å². The van der Waals surface area contributed by atoms with Crippen LogP contribution in [0.25, 0.3) is 0 Å². The molecule has 1 heterocycles. The van der Waals surface area contributed by atoms with Crippen LogP contribution in [0.3, 0.4) is 0 Å². The fraction of sp³-hybridized carbons (Fsp3) is 0.818. The summed E-state index contributed by atoms with van der Waals surface area (Å²) in [5, 5.41) is 13.9. The van der Waals surface area contributed by atoms with Crippen molar-refractivity contribution in [1.82, 2.24) is 14.8 Å². The third-order valence-electron chi connectivity index (χ3n) is 3.30. The van der Waals surface area contributed by atoms with E-state index in [-0.39, 0.29) is 6.10 Å². The Morgan fingerprint density at radius 2 is 2.27 bits per heavy atom. The molecule has 1 fully saturated rings. The first-order valence-electron chi connectivity index (χ1n) is 5.76. The lowest BCUT2D eigenvalue weighted by Gasteiger charge is -2.14. The van der Waals surface area contributed by atoms with E-state index in [0.29, 0.717) is 6.42 Å². The number of aliphatic hydroxyl groups is 1. The number of nitrogens with zero attached hydrogens (tertiary/aromatic N) is 3. The van der Waals surface area contributed by atoms with Crippen molar-refractivity contribution in [3.8, 4) is 0 Å². The lowest BCUT2D eigenvalue weighted by atomic mass is 9.98. The van der Waals surface area contributed by atoms with E-state index < -0.39 is 0 Å².